The van der Waals surface area contributed by atoms with Crippen molar-refractivity contribution in [3.05, 3.63) is 95.6 Å². The highest BCUT2D eigenvalue weighted by atomic mass is 16.2. The van der Waals surface area contributed by atoms with Crippen molar-refractivity contribution in [3.63, 3.8) is 0 Å². The molecule has 0 radical (unpaired) electrons. The fourth-order valence-corrected chi connectivity index (χ4v) is 4.21. The number of fused-ring (bicyclic) bond motifs is 1. The second-order valence-electron chi connectivity index (χ2n) is 8.66. The maximum Gasteiger partial charge on any atom is 0.326 e. The quantitative estimate of drug-likeness (QED) is 0.529. The number of carbonyl (C=O) groups excluding carboxylic acids is 2. The second-order valence-corrected chi connectivity index (χ2v) is 8.66. The van der Waals surface area contributed by atoms with Crippen LogP contribution in [0.4, 0.5) is 16.2 Å². The largest absolute Gasteiger partial charge is 0.355 e. The van der Waals surface area contributed by atoms with Crippen molar-refractivity contribution in [2.24, 2.45) is 0 Å². The molecule has 2 N–H and O–H groups in total. The molecule has 170 valence electrons. The molecule has 0 spiro atoms. The van der Waals surface area contributed by atoms with E-state index in [4.69, 9.17) is 0 Å². The third-order valence-corrected chi connectivity index (χ3v) is 6.15. The number of hydrogen-bond donors (Lipinski definition) is 2. The number of aryl methyl sites for hydroxylation is 1. The molecule has 0 saturated carbocycles. The van der Waals surface area contributed by atoms with Gasteiger partial charge in [0.2, 0.25) is 5.91 Å². The molecule has 3 amide bonds. The van der Waals surface area contributed by atoms with E-state index in [0.29, 0.717) is 19.5 Å². The van der Waals surface area contributed by atoms with Gasteiger partial charge >= 0.3 is 6.03 Å². The summed E-state index contributed by atoms with van der Waals surface area (Å²) in [6, 6.07) is 25.7. The first-order valence-electron chi connectivity index (χ1n) is 11.7. The molecule has 5 nitrogen and oxygen atoms in total. The zero-order valence-corrected chi connectivity index (χ0v) is 19.1. The third kappa shape index (κ3) is 6.01. The fourth-order valence-electron chi connectivity index (χ4n) is 4.21. The van der Waals surface area contributed by atoms with Crippen LogP contribution in [0.1, 0.15) is 42.4 Å². The Balaban J connectivity index is 1.30. The number of benzene rings is 3. The smallest absolute Gasteiger partial charge is 0.326 e. The van der Waals surface area contributed by atoms with Crippen LogP contribution in [-0.2, 0) is 17.6 Å². The molecule has 4 rings (SSSR count). The first-order chi connectivity index (χ1) is 16.1. The van der Waals surface area contributed by atoms with Crippen molar-refractivity contribution in [2.45, 2.75) is 38.5 Å². The average Bonchev–Trinajstić information content (AvgIpc) is 3.07. The molecular formula is C28H31N3O2. The van der Waals surface area contributed by atoms with Crippen LogP contribution in [0.2, 0.25) is 0 Å². The molecular weight excluding hydrogens is 410 g/mol. The van der Waals surface area contributed by atoms with Gasteiger partial charge in [0.25, 0.3) is 0 Å². The Morgan fingerprint density at radius 3 is 2.42 bits per heavy atom. The first-order valence-corrected chi connectivity index (χ1v) is 11.7. The van der Waals surface area contributed by atoms with Crippen LogP contribution in [0.15, 0.2) is 78.9 Å². The van der Waals surface area contributed by atoms with Gasteiger partial charge in [0, 0.05) is 24.5 Å². The van der Waals surface area contributed by atoms with Crippen molar-refractivity contribution in [1.29, 1.82) is 0 Å². The standard InChI is InChI=1S/C28H31N3O2/c1-21(23-9-3-2-4-10-23)20-29-27(32)19-22-14-16-25(17-15-22)30-28(33)31-18-8-7-12-24-11-5-6-13-26(24)31/h2-6,9-11,13-17,21H,7-8,12,18-20H2,1H3,(H,29,32)(H,30,33)/t21-/m1/s1. The van der Waals surface area contributed by atoms with Crippen LogP contribution in [0, 0.1) is 0 Å². The number of urea groups is 1. The SMILES string of the molecule is C[C@H](CNC(=O)Cc1ccc(NC(=O)N2CCCCc3ccccc32)cc1)c1ccccc1. The summed E-state index contributed by atoms with van der Waals surface area (Å²) in [5.41, 5.74) is 5.06. The number of rotatable bonds is 6. The monoisotopic (exact) mass is 441 g/mol. The molecule has 3 aromatic rings. The van der Waals surface area contributed by atoms with Crippen molar-refractivity contribution < 1.29 is 9.59 Å². The molecule has 1 aliphatic rings. The number of anilines is 2. The van der Waals surface area contributed by atoms with Gasteiger partial charge in [-0.1, -0.05) is 67.6 Å². The molecule has 5 heteroatoms. The summed E-state index contributed by atoms with van der Waals surface area (Å²) in [7, 11) is 0. The van der Waals surface area contributed by atoms with E-state index >= 15 is 0 Å². The van der Waals surface area contributed by atoms with Gasteiger partial charge in [0.1, 0.15) is 0 Å². The van der Waals surface area contributed by atoms with Crippen LogP contribution >= 0.6 is 0 Å². The Morgan fingerprint density at radius 1 is 0.909 bits per heavy atom. The summed E-state index contributed by atoms with van der Waals surface area (Å²) < 4.78 is 0. The van der Waals surface area contributed by atoms with Crippen LogP contribution in [-0.4, -0.2) is 25.0 Å². The van der Waals surface area contributed by atoms with E-state index in [1.807, 2.05) is 65.6 Å². The Bertz CT molecular complexity index is 1080. The lowest BCUT2D eigenvalue weighted by molar-refractivity contribution is -0.120. The zero-order chi connectivity index (χ0) is 23.0. The fraction of sp³-hybridized carbons (Fsp3) is 0.286. The topological polar surface area (TPSA) is 61.4 Å². The summed E-state index contributed by atoms with van der Waals surface area (Å²) in [5, 5.41) is 6.02. The zero-order valence-electron chi connectivity index (χ0n) is 19.1. The molecule has 33 heavy (non-hydrogen) atoms. The maximum absolute atomic E-state index is 13.0. The van der Waals surface area contributed by atoms with Crippen molar-refractivity contribution in [1.82, 2.24) is 5.32 Å². The number of nitrogens with one attached hydrogen (secondary N) is 2. The minimum absolute atomic E-state index is 0.00394. The lowest BCUT2D eigenvalue weighted by Crippen LogP contribution is -2.35. The Kier molecular flexibility index (Phi) is 7.40. The normalized spacial score (nSPS) is 14.0. The van der Waals surface area contributed by atoms with E-state index in [1.54, 1.807) is 0 Å². The summed E-state index contributed by atoms with van der Waals surface area (Å²) in [4.78, 5) is 27.2. The molecule has 0 aromatic heterocycles. The Morgan fingerprint density at radius 2 is 1.64 bits per heavy atom. The Labute approximate surface area is 195 Å². The van der Waals surface area contributed by atoms with E-state index in [-0.39, 0.29) is 17.9 Å². The van der Waals surface area contributed by atoms with Gasteiger partial charge in [0.15, 0.2) is 0 Å². The van der Waals surface area contributed by atoms with Gasteiger partial charge in [-0.25, -0.2) is 4.79 Å². The summed E-state index contributed by atoms with van der Waals surface area (Å²) in [6.07, 6.45) is 3.39. The van der Waals surface area contributed by atoms with Gasteiger partial charge in [-0.2, -0.15) is 0 Å². The number of carbonyl (C=O) groups is 2. The highest BCUT2D eigenvalue weighted by molar-refractivity contribution is 6.02. The molecule has 0 unspecified atom stereocenters. The molecule has 1 heterocycles. The van der Waals surface area contributed by atoms with Crippen molar-refractivity contribution >= 4 is 23.3 Å². The molecule has 0 aliphatic carbocycles. The Hall–Kier alpha value is -3.60. The third-order valence-electron chi connectivity index (χ3n) is 6.15. The summed E-state index contributed by atoms with van der Waals surface area (Å²) in [5.74, 6) is 0.257. The molecule has 0 saturated heterocycles. The number of hydrogen-bond acceptors (Lipinski definition) is 2. The summed E-state index contributed by atoms with van der Waals surface area (Å²) >= 11 is 0. The van der Waals surface area contributed by atoms with Gasteiger partial charge in [0.05, 0.1) is 6.42 Å². The highest BCUT2D eigenvalue weighted by Crippen LogP contribution is 2.26. The van der Waals surface area contributed by atoms with Crippen LogP contribution in [0.3, 0.4) is 0 Å². The minimum Gasteiger partial charge on any atom is -0.355 e. The van der Waals surface area contributed by atoms with Crippen LogP contribution < -0.4 is 15.5 Å². The van der Waals surface area contributed by atoms with E-state index in [1.165, 1.54) is 11.1 Å². The molecule has 1 atom stereocenters. The molecule has 3 aromatic carbocycles. The predicted octanol–water partition coefficient (Wildman–Crippen LogP) is 5.52. The number of nitrogens with zero attached hydrogens (tertiary/aromatic N) is 1. The van der Waals surface area contributed by atoms with Crippen LogP contribution in [0.5, 0.6) is 0 Å². The van der Waals surface area contributed by atoms with E-state index < -0.39 is 0 Å². The van der Waals surface area contributed by atoms with Gasteiger partial charge in [-0.15, -0.1) is 0 Å². The van der Waals surface area contributed by atoms with E-state index in [0.717, 1.165) is 36.2 Å². The second kappa shape index (κ2) is 10.8. The van der Waals surface area contributed by atoms with Gasteiger partial charge < -0.3 is 10.6 Å². The number of para-hydroxylation sites is 1. The lowest BCUT2D eigenvalue weighted by Gasteiger charge is -2.23. The van der Waals surface area contributed by atoms with E-state index in [9.17, 15) is 9.59 Å². The number of amides is 3. The highest BCUT2D eigenvalue weighted by Gasteiger charge is 2.21. The van der Waals surface area contributed by atoms with Crippen LogP contribution in [0.25, 0.3) is 0 Å². The molecule has 0 bridgehead atoms. The van der Waals surface area contributed by atoms with E-state index in [2.05, 4.69) is 35.8 Å². The first kappa shape index (κ1) is 22.6. The average molecular weight is 442 g/mol. The van der Waals surface area contributed by atoms with Gasteiger partial charge in [-0.3, -0.25) is 9.69 Å². The molecule has 1 aliphatic heterocycles. The molecule has 0 fully saturated rings. The lowest BCUT2D eigenvalue weighted by atomic mass is 10.0. The minimum atomic E-state index is -0.121. The summed E-state index contributed by atoms with van der Waals surface area (Å²) in [6.45, 7) is 3.42. The van der Waals surface area contributed by atoms with Gasteiger partial charge in [-0.05, 0) is 60.1 Å². The van der Waals surface area contributed by atoms with Crippen molar-refractivity contribution in [3.8, 4) is 0 Å². The predicted molar refractivity (Wildman–Crippen MR) is 134 cm³/mol. The maximum atomic E-state index is 13.0. The van der Waals surface area contributed by atoms with Crippen molar-refractivity contribution in [2.75, 3.05) is 23.3 Å².